The van der Waals surface area contributed by atoms with E-state index in [1.54, 1.807) is 7.11 Å². The van der Waals surface area contributed by atoms with Gasteiger partial charge in [-0.05, 0) is 54.1 Å². The van der Waals surface area contributed by atoms with Crippen LogP contribution in [0.15, 0.2) is 61.3 Å². The molecule has 0 atom stereocenters. The van der Waals surface area contributed by atoms with E-state index < -0.39 is 0 Å². The van der Waals surface area contributed by atoms with Crippen molar-refractivity contribution in [3.05, 3.63) is 78.0 Å². The number of pyridine rings is 1. The highest BCUT2D eigenvalue weighted by molar-refractivity contribution is 6.59. The highest BCUT2D eigenvalue weighted by Crippen LogP contribution is 2.30. The van der Waals surface area contributed by atoms with E-state index in [1.165, 1.54) is 49.4 Å². The van der Waals surface area contributed by atoms with Crippen molar-refractivity contribution in [2.45, 2.75) is 45.3 Å². The Hall–Kier alpha value is -2.92. The summed E-state index contributed by atoms with van der Waals surface area (Å²) in [5.74, 6) is 1.11. The molecule has 0 amide bonds. The molecule has 0 saturated carbocycles. The molecule has 1 aliphatic carbocycles. The first-order valence-electron chi connectivity index (χ1n) is 12.0. The van der Waals surface area contributed by atoms with Crippen LogP contribution in [0.2, 0.25) is 19.0 Å². The standard InChI is InChI=1S/C18H25BN2O.C10H8O/c1-3-7-19-8-11-21(12-9-19)14-15-6-10-20-18-5-4-16(22-2)13-17(15)18;1-7-6-10(11)9-5-3-2-4-8(7)9/h4-6,10,13H,3,7-9,11-12,14H2,1-2H3;2-5H,1,6H2. The van der Waals surface area contributed by atoms with Gasteiger partial charge in [0.15, 0.2) is 5.78 Å². The number of hydrogen-bond donors (Lipinski definition) is 0. The molecule has 0 spiro atoms. The van der Waals surface area contributed by atoms with Gasteiger partial charge in [0.25, 0.3) is 0 Å². The average molecular weight is 440 g/mol. The third kappa shape index (κ3) is 5.54. The van der Waals surface area contributed by atoms with Crippen LogP contribution in [0.3, 0.4) is 0 Å². The zero-order valence-corrected chi connectivity index (χ0v) is 19.8. The number of benzene rings is 2. The minimum absolute atomic E-state index is 0.200. The third-order valence-corrected chi connectivity index (χ3v) is 6.82. The Morgan fingerprint density at radius 1 is 1.09 bits per heavy atom. The van der Waals surface area contributed by atoms with Crippen LogP contribution in [-0.2, 0) is 6.54 Å². The SMILES string of the molecule is C=C1CC(=O)c2ccccc21.CCCB1CCN(Cc2ccnc3ccc(OC)cc23)CC1. The molecule has 5 rings (SSSR count). The quantitative estimate of drug-likeness (QED) is 0.440. The van der Waals surface area contributed by atoms with Gasteiger partial charge in [0.05, 0.1) is 12.6 Å². The van der Waals surface area contributed by atoms with Gasteiger partial charge in [0.2, 0.25) is 0 Å². The molecular formula is C28H33BN2O2. The molecule has 1 fully saturated rings. The number of carbonyl (C=O) groups is 1. The van der Waals surface area contributed by atoms with Crippen molar-refractivity contribution >= 4 is 29.0 Å². The second-order valence-electron chi connectivity index (χ2n) is 9.11. The van der Waals surface area contributed by atoms with Crippen LogP contribution in [0.25, 0.3) is 16.5 Å². The number of Topliss-reactive ketones (excluding diaryl/α,β-unsaturated/α-hetero) is 1. The van der Waals surface area contributed by atoms with Crippen LogP contribution in [0.5, 0.6) is 5.75 Å². The number of methoxy groups -OCH3 is 1. The fourth-order valence-electron chi connectivity index (χ4n) is 4.95. The maximum atomic E-state index is 11.2. The van der Waals surface area contributed by atoms with Crippen LogP contribution in [-0.4, -0.2) is 42.6 Å². The van der Waals surface area contributed by atoms with E-state index in [1.807, 2.05) is 42.6 Å². The molecule has 3 aromatic rings. The lowest BCUT2D eigenvalue weighted by molar-refractivity contribution is 0.100. The predicted octanol–water partition coefficient (Wildman–Crippen LogP) is 6.25. The Labute approximate surface area is 197 Å². The van der Waals surface area contributed by atoms with Crippen molar-refractivity contribution in [1.29, 1.82) is 0 Å². The highest BCUT2D eigenvalue weighted by atomic mass is 16.5. The van der Waals surface area contributed by atoms with Gasteiger partial charge in [-0.3, -0.25) is 9.78 Å². The molecule has 170 valence electrons. The van der Waals surface area contributed by atoms with E-state index in [-0.39, 0.29) is 5.78 Å². The maximum absolute atomic E-state index is 11.2. The monoisotopic (exact) mass is 440 g/mol. The van der Waals surface area contributed by atoms with Gasteiger partial charge >= 0.3 is 0 Å². The normalized spacial score (nSPS) is 15.9. The maximum Gasteiger partial charge on any atom is 0.167 e. The second-order valence-corrected chi connectivity index (χ2v) is 9.11. The van der Waals surface area contributed by atoms with Gasteiger partial charge in [-0.1, -0.05) is 63.1 Å². The molecule has 1 saturated heterocycles. The number of ether oxygens (including phenoxy) is 1. The van der Waals surface area contributed by atoms with Crippen molar-refractivity contribution in [3.63, 3.8) is 0 Å². The van der Waals surface area contributed by atoms with Crippen LogP contribution in [0.1, 0.15) is 41.3 Å². The summed E-state index contributed by atoms with van der Waals surface area (Å²) in [6.07, 6.45) is 7.83. The van der Waals surface area contributed by atoms with Crippen molar-refractivity contribution in [2.24, 2.45) is 0 Å². The molecule has 2 aromatic carbocycles. The van der Waals surface area contributed by atoms with Crippen LogP contribution in [0.4, 0.5) is 0 Å². The first kappa shape index (κ1) is 23.3. The molecule has 4 nitrogen and oxygen atoms in total. The van der Waals surface area contributed by atoms with Crippen LogP contribution < -0.4 is 4.74 Å². The molecule has 5 heteroatoms. The molecule has 1 aromatic heterocycles. The lowest BCUT2D eigenvalue weighted by atomic mass is 9.41. The molecule has 0 radical (unpaired) electrons. The molecular weight excluding hydrogens is 407 g/mol. The van der Waals surface area contributed by atoms with Crippen molar-refractivity contribution < 1.29 is 9.53 Å². The van der Waals surface area contributed by atoms with Crippen LogP contribution >= 0.6 is 0 Å². The van der Waals surface area contributed by atoms with Crippen LogP contribution in [0, 0.1) is 0 Å². The largest absolute Gasteiger partial charge is 0.497 e. The van der Waals surface area contributed by atoms with Crippen molar-refractivity contribution in [2.75, 3.05) is 20.2 Å². The Balaban J connectivity index is 0.000000196. The summed E-state index contributed by atoms with van der Waals surface area (Å²) in [5.41, 5.74) is 5.22. The zero-order chi connectivity index (χ0) is 23.2. The van der Waals surface area contributed by atoms with Gasteiger partial charge in [0, 0.05) is 30.1 Å². The number of rotatable bonds is 5. The number of ketones is 1. The van der Waals surface area contributed by atoms with E-state index in [0.717, 1.165) is 41.2 Å². The molecule has 2 aliphatic rings. The lowest BCUT2D eigenvalue weighted by Gasteiger charge is -2.30. The zero-order valence-electron chi connectivity index (χ0n) is 19.8. The van der Waals surface area contributed by atoms with Crippen molar-refractivity contribution in [3.8, 4) is 5.75 Å². The molecule has 1 aliphatic heterocycles. The summed E-state index contributed by atoms with van der Waals surface area (Å²) in [5, 5.41) is 1.22. The summed E-state index contributed by atoms with van der Waals surface area (Å²) >= 11 is 0. The van der Waals surface area contributed by atoms with E-state index in [2.05, 4.69) is 35.5 Å². The number of fused-ring (bicyclic) bond motifs is 2. The first-order chi connectivity index (χ1) is 16.1. The molecule has 0 unspecified atom stereocenters. The average Bonchev–Trinajstić information content (AvgIpc) is 3.14. The second kappa shape index (κ2) is 10.8. The Bertz CT molecular complexity index is 1100. The predicted molar refractivity (Wildman–Crippen MR) is 138 cm³/mol. The van der Waals surface area contributed by atoms with E-state index >= 15 is 0 Å². The minimum atomic E-state index is 0.200. The van der Waals surface area contributed by atoms with Gasteiger partial charge in [-0.25, -0.2) is 0 Å². The van der Waals surface area contributed by atoms with E-state index in [9.17, 15) is 4.79 Å². The summed E-state index contributed by atoms with van der Waals surface area (Å²) < 4.78 is 5.37. The number of hydrogen-bond acceptors (Lipinski definition) is 4. The lowest BCUT2D eigenvalue weighted by Crippen LogP contribution is -2.36. The summed E-state index contributed by atoms with van der Waals surface area (Å²) in [4.78, 5) is 18.3. The third-order valence-electron chi connectivity index (χ3n) is 6.82. The minimum Gasteiger partial charge on any atom is -0.497 e. The topological polar surface area (TPSA) is 42.4 Å². The number of allylic oxidation sites excluding steroid dienone is 1. The van der Waals surface area contributed by atoms with E-state index in [4.69, 9.17) is 4.74 Å². The number of nitrogens with zero attached hydrogens (tertiary/aromatic N) is 2. The molecule has 0 N–H and O–H groups in total. The number of carbonyl (C=O) groups excluding carboxylic acids is 1. The first-order valence-corrected chi connectivity index (χ1v) is 12.0. The molecule has 0 bridgehead atoms. The summed E-state index contributed by atoms with van der Waals surface area (Å²) in [7, 11) is 1.72. The highest BCUT2D eigenvalue weighted by Gasteiger charge is 2.22. The van der Waals surface area contributed by atoms with Crippen molar-refractivity contribution in [1.82, 2.24) is 9.88 Å². The molecule has 33 heavy (non-hydrogen) atoms. The van der Waals surface area contributed by atoms with Gasteiger partial charge in [-0.15, -0.1) is 0 Å². The Morgan fingerprint density at radius 2 is 1.85 bits per heavy atom. The van der Waals surface area contributed by atoms with Gasteiger partial charge in [0.1, 0.15) is 12.5 Å². The fraction of sp³-hybridized carbons (Fsp3) is 0.357. The Morgan fingerprint density at radius 3 is 2.55 bits per heavy atom. The fourth-order valence-corrected chi connectivity index (χ4v) is 4.95. The number of aromatic nitrogens is 1. The smallest absolute Gasteiger partial charge is 0.167 e. The van der Waals surface area contributed by atoms with E-state index in [0.29, 0.717) is 6.42 Å². The van der Waals surface area contributed by atoms with Gasteiger partial charge < -0.3 is 9.64 Å². The van der Waals surface area contributed by atoms with Gasteiger partial charge in [-0.2, -0.15) is 0 Å². The summed E-state index contributed by atoms with van der Waals surface area (Å²) in [6, 6.07) is 15.9. The summed E-state index contributed by atoms with van der Waals surface area (Å²) in [6.45, 7) is 10.5. The Kier molecular flexibility index (Phi) is 7.61. The molecule has 2 heterocycles.